The Hall–Kier alpha value is -3.58. The van der Waals surface area contributed by atoms with E-state index in [1.807, 2.05) is 47.6 Å². The number of hydrogen-bond donors (Lipinski definition) is 1. The van der Waals surface area contributed by atoms with Crippen LogP contribution in [0, 0.1) is 0 Å². The third-order valence-corrected chi connectivity index (χ3v) is 5.04. The number of ketones is 2. The minimum atomic E-state index is 0.0150. The third kappa shape index (κ3) is 4.62. The topological polar surface area (TPSA) is 82.7 Å². The van der Waals surface area contributed by atoms with Crippen molar-refractivity contribution in [2.45, 2.75) is 13.8 Å². The van der Waals surface area contributed by atoms with E-state index in [1.54, 1.807) is 38.4 Å². The van der Waals surface area contributed by atoms with Crippen LogP contribution < -0.4 is 4.74 Å². The van der Waals surface area contributed by atoms with Crippen molar-refractivity contribution < 1.29 is 24.2 Å². The Morgan fingerprint density at radius 1 is 0.871 bits per heavy atom. The quantitative estimate of drug-likeness (QED) is 0.380. The van der Waals surface area contributed by atoms with Gasteiger partial charge >= 0.3 is 0 Å². The number of benzene rings is 2. The summed E-state index contributed by atoms with van der Waals surface area (Å²) in [6, 6.07) is 10.7. The summed E-state index contributed by atoms with van der Waals surface area (Å²) >= 11 is 0. The molecular weight excluding hydrogens is 396 g/mol. The van der Waals surface area contributed by atoms with Gasteiger partial charge in [-0.15, -0.1) is 0 Å². The molecule has 0 spiro atoms. The summed E-state index contributed by atoms with van der Waals surface area (Å²) in [7, 11) is 5.37. The first kappa shape index (κ1) is 22.1. The second kappa shape index (κ2) is 9.06. The minimum absolute atomic E-state index is 0.0150. The average Bonchev–Trinajstić information content (AvgIpc) is 3.23. The van der Waals surface area contributed by atoms with Crippen LogP contribution in [0.2, 0.25) is 0 Å². The van der Waals surface area contributed by atoms with Crippen molar-refractivity contribution in [2.75, 3.05) is 13.9 Å². The van der Waals surface area contributed by atoms with E-state index < -0.39 is 0 Å². The monoisotopic (exact) mass is 422 g/mol. The van der Waals surface area contributed by atoms with Gasteiger partial charge in [-0.05, 0) is 50.2 Å². The number of aromatic hydroxyl groups is 1. The molecule has 0 aliphatic rings. The third-order valence-electron chi connectivity index (χ3n) is 5.04. The number of fused-ring (bicyclic) bond motifs is 2. The van der Waals surface area contributed by atoms with E-state index in [0.29, 0.717) is 16.9 Å². The van der Waals surface area contributed by atoms with Crippen LogP contribution in [0.5, 0.6) is 11.5 Å². The molecule has 0 unspecified atom stereocenters. The van der Waals surface area contributed by atoms with Crippen molar-refractivity contribution in [1.29, 1.82) is 0 Å². The lowest BCUT2D eigenvalue weighted by molar-refractivity contribution is 0.0512. The lowest BCUT2D eigenvalue weighted by Crippen LogP contribution is -1.98. The van der Waals surface area contributed by atoms with Crippen LogP contribution in [0.3, 0.4) is 0 Å². The van der Waals surface area contributed by atoms with E-state index in [9.17, 15) is 14.7 Å². The summed E-state index contributed by atoms with van der Waals surface area (Å²) in [5.41, 5.74) is 3.33. The minimum Gasteiger partial charge on any atom is -0.508 e. The molecular formula is C24H26N2O5. The van der Waals surface area contributed by atoms with Gasteiger partial charge in [0.1, 0.15) is 11.5 Å². The van der Waals surface area contributed by atoms with Crippen molar-refractivity contribution in [3.63, 3.8) is 0 Å². The summed E-state index contributed by atoms with van der Waals surface area (Å²) in [6.45, 7) is 3.30. The molecule has 0 aliphatic heterocycles. The van der Waals surface area contributed by atoms with Crippen LogP contribution in [0.4, 0.5) is 0 Å². The van der Waals surface area contributed by atoms with E-state index in [0.717, 1.165) is 21.8 Å². The largest absolute Gasteiger partial charge is 0.508 e. The first-order valence-corrected chi connectivity index (χ1v) is 9.73. The summed E-state index contributed by atoms with van der Waals surface area (Å²) < 4.78 is 14.0. The molecule has 4 aromatic rings. The number of rotatable bonds is 5. The number of Topliss-reactive ketones (excluding diaryl/α,β-unsaturated/α-hetero) is 2. The van der Waals surface area contributed by atoms with Crippen molar-refractivity contribution in [3.8, 4) is 11.5 Å². The molecule has 2 aromatic heterocycles. The molecule has 1 N–H and O–H groups in total. The molecule has 7 nitrogen and oxygen atoms in total. The highest BCUT2D eigenvalue weighted by Gasteiger charge is 2.11. The molecule has 0 fully saturated rings. The number of ether oxygens (including phenoxy) is 2. The Morgan fingerprint density at radius 3 is 1.90 bits per heavy atom. The van der Waals surface area contributed by atoms with Crippen molar-refractivity contribution in [3.05, 3.63) is 59.9 Å². The number of phenols is 1. The fourth-order valence-corrected chi connectivity index (χ4v) is 3.53. The molecule has 0 aliphatic carbocycles. The van der Waals surface area contributed by atoms with E-state index in [2.05, 4.69) is 0 Å². The van der Waals surface area contributed by atoms with E-state index >= 15 is 0 Å². The number of aromatic nitrogens is 2. The summed E-state index contributed by atoms with van der Waals surface area (Å²) in [5.74, 6) is 0.958. The second-order valence-corrected chi connectivity index (χ2v) is 7.35. The van der Waals surface area contributed by atoms with Gasteiger partial charge in [0, 0.05) is 66.5 Å². The van der Waals surface area contributed by atoms with E-state index in [4.69, 9.17) is 9.47 Å². The van der Waals surface area contributed by atoms with Crippen molar-refractivity contribution in [2.24, 2.45) is 14.1 Å². The van der Waals surface area contributed by atoms with Gasteiger partial charge < -0.3 is 23.7 Å². The standard InChI is InChI=1S/C13H15NO3.C11H11NO2/c1-9(15)12-7-14(2)13-5-4-10(6-11(12)13)17-8-16-3;1-7(13)10-6-12(2)11-4-3-8(14)5-9(10)11/h4-7H,8H2,1-3H3;3-6,14H,1-2H3. The zero-order valence-electron chi connectivity index (χ0n) is 18.3. The molecule has 2 heterocycles. The van der Waals surface area contributed by atoms with Crippen LogP contribution in [-0.2, 0) is 18.8 Å². The maximum Gasteiger partial charge on any atom is 0.188 e. The van der Waals surface area contributed by atoms with Gasteiger partial charge in [0.05, 0.1) is 0 Å². The highest BCUT2D eigenvalue weighted by Crippen LogP contribution is 2.26. The molecule has 0 radical (unpaired) electrons. The fourth-order valence-electron chi connectivity index (χ4n) is 3.53. The highest BCUT2D eigenvalue weighted by molar-refractivity contribution is 6.08. The van der Waals surface area contributed by atoms with E-state index in [1.165, 1.54) is 6.92 Å². The molecule has 0 saturated carbocycles. The van der Waals surface area contributed by atoms with Gasteiger partial charge in [-0.2, -0.15) is 0 Å². The van der Waals surface area contributed by atoms with Crippen LogP contribution in [0.1, 0.15) is 34.6 Å². The Balaban J connectivity index is 0.000000179. The molecule has 0 atom stereocenters. The van der Waals surface area contributed by atoms with Crippen LogP contribution in [0.15, 0.2) is 48.8 Å². The van der Waals surface area contributed by atoms with Gasteiger partial charge in [-0.1, -0.05) is 0 Å². The first-order chi connectivity index (χ1) is 14.7. The summed E-state index contributed by atoms with van der Waals surface area (Å²) in [4.78, 5) is 22.8. The lowest BCUT2D eigenvalue weighted by atomic mass is 10.1. The number of carbonyl (C=O) groups is 2. The van der Waals surface area contributed by atoms with Gasteiger partial charge in [0.25, 0.3) is 0 Å². The molecule has 31 heavy (non-hydrogen) atoms. The normalized spacial score (nSPS) is 10.7. The van der Waals surface area contributed by atoms with Gasteiger partial charge in [0.2, 0.25) is 0 Å². The first-order valence-electron chi connectivity index (χ1n) is 9.73. The Bertz CT molecular complexity index is 1270. The number of nitrogens with zero attached hydrogens (tertiary/aromatic N) is 2. The van der Waals surface area contributed by atoms with Gasteiger partial charge in [-0.3, -0.25) is 9.59 Å². The van der Waals surface area contributed by atoms with Crippen LogP contribution >= 0.6 is 0 Å². The molecule has 0 bridgehead atoms. The lowest BCUT2D eigenvalue weighted by Gasteiger charge is -2.05. The molecule has 4 rings (SSSR count). The zero-order valence-corrected chi connectivity index (χ0v) is 18.3. The second-order valence-electron chi connectivity index (χ2n) is 7.35. The molecule has 162 valence electrons. The Morgan fingerprint density at radius 2 is 1.39 bits per heavy atom. The molecule has 0 saturated heterocycles. The number of methoxy groups -OCH3 is 1. The maximum absolute atomic E-state index is 11.5. The molecule has 2 aromatic carbocycles. The fraction of sp³-hybridized carbons (Fsp3) is 0.250. The predicted molar refractivity (Wildman–Crippen MR) is 120 cm³/mol. The molecule has 0 amide bonds. The SMILES string of the molecule is CC(=O)c1cn(C)c2ccc(O)cc12.COCOc1ccc2c(c1)c(C(C)=O)cn2C. The average molecular weight is 422 g/mol. The van der Waals surface area contributed by atoms with Crippen molar-refractivity contribution >= 4 is 33.4 Å². The smallest absolute Gasteiger partial charge is 0.188 e. The number of phenolic OH excluding ortho intramolecular Hbond substituents is 1. The number of carbonyl (C=O) groups excluding carboxylic acids is 2. The number of aryl methyl sites for hydroxylation is 2. The molecule has 7 heteroatoms. The van der Waals surface area contributed by atoms with Crippen LogP contribution in [-0.4, -0.2) is 39.7 Å². The zero-order chi connectivity index (χ0) is 22.7. The Kier molecular flexibility index (Phi) is 6.46. The van der Waals surface area contributed by atoms with Crippen LogP contribution in [0.25, 0.3) is 21.8 Å². The van der Waals surface area contributed by atoms with E-state index in [-0.39, 0.29) is 24.1 Å². The van der Waals surface area contributed by atoms with Gasteiger partial charge in [-0.25, -0.2) is 0 Å². The van der Waals surface area contributed by atoms with Gasteiger partial charge in [0.15, 0.2) is 18.4 Å². The van der Waals surface area contributed by atoms with Crippen molar-refractivity contribution in [1.82, 2.24) is 9.13 Å². The Labute approximate surface area is 180 Å². The predicted octanol–water partition coefficient (Wildman–Crippen LogP) is 4.45. The summed E-state index contributed by atoms with van der Waals surface area (Å²) in [5, 5.41) is 11.0. The summed E-state index contributed by atoms with van der Waals surface area (Å²) in [6.07, 6.45) is 3.62. The highest BCUT2D eigenvalue weighted by atomic mass is 16.7. The number of hydrogen-bond acceptors (Lipinski definition) is 5. The maximum atomic E-state index is 11.5.